The monoisotopic (exact) mass is 374 g/mol. The van der Waals surface area contributed by atoms with Gasteiger partial charge in [0.25, 0.3) is 5.95 Å². The molecule has 5 heteroatoms. The lowest BCUT2D eigenvalue weighted by molar-refractivity contribution is -0.163. The van der Waals surface area contributed by atoms with Crippen molar-refractivity contribution in [2.75, 3.05) is 0 Å². The molecule has 2 fully saturated rings. The molecule has 0 bridgehead atoms. The summed E-state index contributed by atoms with van der Waals surface area (Å²) in [6.07, 6.45) is 5.16. The van der Waals surface area contributed by atoms with Crippen LogP contribution in [0.25, 0.3) is 0 Å². The van der Waals surface area contributed by atoms with Gasteiger partial charge < -0.3 is 14.6 Å². The van der Waals surface area contributed by atoms with Gasteiger partial charge in [-0.3, -0.25) is 4.79 Å². The summed E-state index contributed by atoms with van der Waals surface area (Å²) in [5.41, 5.74) is -1.35. The number of hydrogen-bond donors (Lipinski definition) is 1. The first kappa shape index (κ1) is 19.7. The quantitative estimate of drug-likeness (QED) is 0.455. The van der Waals surface area contributed by atoms with E-state index in [9.17, 15) is 14.7 Å². The number of hydrogen-bond acceptors (Lipinski definition) is 5. The number of esters is 1. The van der Waals surface area contributed by atoms with E-state index in [1.165, 1.54) is 0 Å². The van der Waals surface area contributed by atoms with E-state index in [1.807, 2.05) is 26.8 Å². The highest BCUT2D eigenvalue weighted by Gasteiger charge is 2.80. The molecule has 0 radical (unpaired) electrons. The Hall–Kier alpha value is -2.04. The number of carbonyl (C=O) groups excluding carboxylic acids is 2. The molecule has 0 unspecified atom stereocenters. The number of ether oxygens (including phenoxy) is 2. The second kappa shape index (κ2) is 5.98. The van der Waals surface area contributed by atoms with Gasteiger partial charge in [0.05, 0.1) is 5.41 Å². The van der Waals surface area contributed by atoms with Gasteiger partial charge >= 0.3 is 5.97 Å². The van der Waals surface area contributed by atoms with Crippen LogP contribution in [0.3, 0.4) is 0 Å². The van der Waals surface area contributed by atoms with E-state index in [1.54, 1.807) is 26.0 Å². The van der Waals surface area contributed by atoms with Crippen LogP contribution in [0.4, 0.5) is 0 Å². The molecular formula is C22H30O5. The van der Waals surface area contributed by atoms with Gasteiger partial charge in [0, 0.05) is 22.3 Å². The molecule has 5 nitrogen and oxygen atoms in total. The zero-order chi connectivity index (χ0) is 20.4. The minimum atomic E-state index is -0.862. The first-order chi connectivity index (χ1) is 12.4. The van der Waals surface area contributed by atoms with Crippen molar-refractivity contribution in [2.24, 2.45) is 28.1 Å². The summed E-state index contributed by atoms with van der Waals surface area (Å²) in [6.45, 7) is 15.1. The molecule has 0 amide bonds. The maximum absolute atomic E-state index is 13.1. The molecule has 3 aliphatic rings. The Balaban J connectivity index is 2.14. The molecule has 0 aromatic heterocycles. The number of allylic oxidation sites excluding steroid dienone is 3. The summed E-state index contributed by atoms with van der Waals surface area (Å²) >= 11 is 0. The van der Waals surface area contributed by atoms with Crippen molar-refractivity contribution < 1.29 is 24.2 Å². The van der Waals surface area contributed by atoms with Crippen LogP contribution in [-0.2, 0) is 19.1 Å². The Morgan fingerprint density at radius 3 is 2.52 bits per heavy atom. The van der Waals surface area contributed by atoms with Gasteiger partial charge in [-0.2, -0.15) is 0 Å². The summed E-state index contributed by atoms with van der Waals surface area (Å²) in [7, 11) is 0. The predicted octanol–water partition coefficient (Wildman–Crippen LogP) is 4.11. The van der Waals surface area contributed by atoms with E-state index >= 15 is 0 Å². The lowest BCUT2D eigenvalue weighted by Gasteiger charge is -2.41. The first-order valence-corrected chi connectivity index (χ1v) is 9.56. The largest absolute Gasteiger partial charge is 0.481 e. The van der Waals surface area contributed by atoms with Crippen LogP contribution in [0.1, 0.15) is 48.0 Å². The number of aliphatic hydroxyl groups is 1. The van der Waals surface area contributed by atoms with Crippen molar-refractivity contribution in [1.29, 1.82) is 0 Å². The SMILES string of the molecule is C=C(O)O[C@@H]1C[C@@H](C)[C@]23C=CC(=O)[C@@]2(C)[C@@H](OC(=O)/C(C)=C\C)C(C)(C)[C@H]13. The fourth-order valence-electron chi connectivity index (χ4n) is 6.41. The minimum absolute atomic E-state index is 0.00988. The van der Waals surface area contributed by atoms with Gasteiger partial charge in [0.1, 0.15) is 12.2 Å². The average molecular weight is 374 g/mol. The normalized spacial score (nSPS) is 42.0. The summed E-state index contributed by atoms with van der Waals surface area (Å²) in [4.78, 5) is 25.7. The lowest BCUT2D eigenvalue weighted by Crippen LogP contribution is -2.49. The third-order valence-electron chi connectivity index (χ3n) is 7.48. The predicted molar refractivity (Wildman–Crippen MR) is 102 cm³/mol. The highest BCUT2D eigenvalue weighted by atomic mass is 16.6. The van der Waals surface area contributed by atoms with Crippen molar-refractivity contribution in [3.05, 3.63) is 36.3 Å². The van der Waals surface area contributed by atoms with E-state index in [-0.39, 0.29) is 29.7 Å². The van der Waals surface area contributed by atoms with Gasteiger partial charge in [0.15, 0.2) is 5.78 Å². The summed E-state index contributed by atoms with van der Waals surface area (Å²) in [5.74, 6) is -0.696. The van der Waals surface area contributed by atoms with Crippen LogP contribution >= 0.6 is 0 Å². The Morgan fingerprint density at radius 1 is 1.33 bits per heavy atom. The molecule has 3 aliphatic carbocycles. The van der Waals surface area contributed by atoms with E-state index < -0.39 is 28.3 Å². The van der Waals surface area contributed by atoms with Crippen LogP contribution in [-0.4, -0.2) is 29.1 Å². The van der Waals surface area contributed by atoms with Crippen molar-refractivity contribution >= 4 is 11.8 Å². The molecule has 0 aliphatic heterocycles. The molecule has 148 valence electrons. The second-order valence-corrected chi connectivity index (χ2v) is 9.08. The lowest BCUT2D eigenvalue weighted by atomic mass is 9.61. The molecular weight excluding hydrogens is 344 g/mol. The third kappa shape index (κ3) is 2.29. The molecule has 2 saturated carbocycles. The van der Waals surface area contributed by atoms with Crippen molar-refractivity contribution in [3.63, 3.8) is 0 Å². The van der Waals surface area contributed by atoms with Crippen LogP contribution in [0.5, 0.6) is 0 Å². The fourth-order valence-corrected chi connectivity index (χ4v) is 6.41. The zero-order valence-corrected chi connectivity index (χ0v) is 17.0. The topological polar surface area (TPSA) is 72.8 Å². The smallest absolute Gasteiger partial charge is 0.333 e. The van der Waals surface area contributed by atoms with Crippen LogP contribution in [0.2, 0.25) is 0 Å². The number of rotatable bonds is 4. The van der Waals surface area contributed by atoms with Gasteiger partial charge in [0.2, 0.25) is 0 Å². The molecule has 0 aromatic carbocycles. The number of aliphatic hydroxyl groups excluding tert-OH is 1. The second-order valence-electron chi connectivity index (χ2n) is 9.08. The molecule has 27 heavy (non-hydrogen) atoms. The summed E-state index contributed by atoms with van der Waals surface area (Å²) in [6, 6.07) is 0. The highest BCUT2D eigenvalue weighted by molar-refractivity contribution is 6.00. The Morgan fingerprint density at radius 2 is 1.96 bits per heavy atom. The molecule has 0 heterocycles. The summed E-state index contributed by atoms with van der Waals surface area (Å²) in [5, 5.41) is 9.67. The Labute approximate surface area is 161 Å². The maximum Gasteiger partial charge on any atom is 0.333 e. The van der Waals surface area contributed by atoms with Gasteiger partial charge in [-0.05, 0) is 45.8 Å². The van der Waals surface area contributed by atoms with Crippen molar-refractivity contribution in [3.8, 4) is 0 Å². The van der Waals surface area contributed by atoms with Crippen LogP contribution < -0.4 is 0 Å². The molecule has 3 rings (SSSR count). The first-order valence-electron chi connectivity index (χ1n) is 9.56. The van der Waals surface area contributed by atoms with Crippen LogP contribution in [0, 0.1) is 28.1 Å². The molecule has 6 atom stereocenters. The van der Waals surface area contributed by atoms with E-state index in [0.29, 0.717) is 12.0 Å². The molecule has 1 N–H and O–H groups in total. The highest BCUT2D eigenvalue weighted by Crippen LogP contribution is 2.75. The Bertz CT molecular complexity index is 761. The Kier molecular flexibility index (Phi) is 4.37. The number of ketones is 1. The minimum Gasteiger partial charge on any atom is -0.481 e. The molecule has 0 saturated heterocycles. The van der Waals surface area contributed by atoms with Crippen molar-refractivity contribution in [2.45, 2.75) is 60.2 Å². The van der Waals surface area contributed by atoms with Gasteiger partial charge in [-0.1, -0.05) is 32.9 Å². The molecule has 1 spiro atoms. The van der Waals surface area contributed by atoms with Gasteiger partial charge in [-0.25, -0.2) is 4.79 Å². The fraction of sp³-hybridized carbons (Fsp3) is 0.636. The molecule has 0 aromatic rings. The average Bonchev–Trinajstić information content (AvgIpc) is 3.06. The number of carbonyl (C=O) groups is 2. The zero-order valence-electron chi connectivity index (χ0n) is 17.0. The van der Waals surface area contributed by atoms with E-state index in [4.69, 9.17) is 9.47 Å². The van der Waals surface area contributed by atoms with E-state index in [2.05, 4.69) is 13.5 Å². The third-order valence-corrected chi connectivity index (χ3v) is 7.48. The summed E-state index contributed by atoms with van der Waals surface area (Å²) < 4.78 is 11.7. The standard InChI is InChI=1S/C22H30O5/c1-8-12(2)18(25)27-19-20(5,6)17-15(26-14(4)23)11-13(3)22(17)10-9-16(24)21(19,22)7/h8-10,13,15,17,19,23H,4,11H2,1-3,5-7H3/b12-8-/t13-,15-,17+,19+,21+,22+/m1/s1. The van der Waals surface area contributed by atoms with Crippen LogP contribution in [0.15, 0.2) is 36.3 Å². The van der Waals surface area contributed by atoms with Crippen molar-refractivity contribution in [1.82, 2.24) is 0 Å². The maximum atomic E-state index is 13.1. The van der Waals surface area contributed by atoms with Gasteiger partial charge in [-0.15, -0.1) is 0 Å². The van der Waals surface area contributed by atoms with E-state index in [0.717, 1.165) is 0 Å².